The van der Waals surface area contributed by atoms with Crippen LogP contribution < -0.4 is 0 Å². The molecule has 3 heterocycles. The summed E-state index contributed by atoms with van der Waals surface area (Å²) in [6, 6.07) is 71.0. The van der Waals surface area contributed by atoms with Gasteiger partial charge in [0.1, 0.15) is 0 Å². The predicted octanol–water partition coefficient (Wildman–Crippen LogP) is 14.2. The average Bonchev–Trinajstić information content (AvgIpc) is 3.86. The molecule has 0 bridgehead atoms. The first-order chi connectivity index (χ1) is 30.7. The Morgan fingerprint density at radius 3 is 1.68 bits per heavy atom. The summed E-state index contributed by atoms with van der Waals surface area (Å²) in [4.78, 5) is 15.8. The lowest BCUT2D eigenvalue weighted by atomic mass is 9.98. The van der Waals surface area contributed by atoms with Crippen molar-refractivity contribution < 1.29 is 0 Å². The van der Waals surface area contributed by atoms with Crippen molar-refractivity contribution in [3.63, 3.8) is 0 Å². The second-order valence-corrected chi connectivity index (χ2v) is 15.9. The summed E-state index contributed by atoms with van der Waals surface area (Å²) < 4.78 is 4.70. The molecule has 5 nitrogen and oxygen atoms in total. The molecule has 0 aliphatic heterocycles. The number of nitrogens with zero attached hydrogens (tertiary/aromatic N) is 5. The van der Waals surface area contributed by atoms with Crippen LogP contribution in [0.5, 0.6) is 0 Å². The van der Waals surface area contributed by atoms with Gasteiger partial charge in [0.2, 0.25) is 5.95 Å². The lowest BCUT2D eigenvalue weighted by Crippen LogP contribution is -2.08. The molecule has 0 N–H and O–H groups in total. The van der Waals surface area contributed by atoms with Crippen LogP contribution in [0.15, 0.2) is 206 Å². The van der Waals surface area contributed by atoms with Gasteiger partial charge in [0.05, 0.1) is 27.9 Å². The Hall–Kier alpha value is -8.15. The second-order valence-electron chi connectivity index (χ2n) is 15.9. The number of fused-ring (bicyclic) bond motifs is 6. The molecule has 3 aromatic heterocycles. The first kappa shape index (κ1) is 35.8. The molecule has 0 radical (unpaired) electrons. The fourth-order valence-electron chi connectivity index (χ4n) is 9.33. The molecule has 1 aliphatic rings. The predicted molar refractivity (Wildman–Crippen MR) is 256 cm³/mol. The molecule has 0 amide bonds. The third kappa shape index (κ3) is 6.05. The number of aryl methyl sites for hydroxylation is 1. The van der Waals surface area contributed by atoms with Gasteiger partial charge in [-0.1, -0.05) is 176 Å². The third-order valence-electron chi connectivity index (χ3n) is 12.3. The van der Waals surface area contributed by atoms with E-state index in [1.807, 2.05) is 18.2 Å². The minimum atomic E-state index is 0.595. The first-order valence-electron chi connectivity index (χ1n) is 21.3. The summed E-state index contributed by atoms with van der Waals surface area (Å²) in [5.41, 5.74) is 15.8. The zero-order chi connectivity index (χ0) is 41.0. The quantitative estimate of drug-likeness (QED) is 0.161. The zero-order valence-corrected chi connectivity index (χ0v) is 33.9. The van der Waals surface area contributed by atoms with Crippen molar-refractivity contribution in [1.29, 1.82) is 0 Å². The van der Waals surface area contributed by atoms with E-state index in [9.17, 15) is 0 Å². The van der Waals surface area contributed by atoms with Crippen molar-refractivity contribution in [1.82, 2.24) is 24.1 Å². The Labute approximate surface area is 359 Å². The van der Waals surface area contributed by atoms with Crippen LogP contribution in [0, 0.1) is 0 Å². The highest BCUT2D eigenvalue weighted by Gasteiger charge is 2.25. The minimum Gasteiger partial charge on any atom is -0.309 e. The molecule has 62 heavy (non-hydrogen) atoms. The molecule has 8 aromatic carbocycles. The number of benzene rings is 8. The maximum Gasteiger partial charge on any atom is 0.238 e. The van der Waals surface area contributed by atoms with Crippen LogP contribution in [-0.2, 0) is 6.42 Å². The maximum absolute atomic E-state index is 5.34. The molecule has 1 aliphatic carbocycles. The topological polar surface area (TPSA) is 48.5 Å². The molecule has 0 unspecified atom stereocenters. The molecule has 0 saturated heterocycles. The smallest absolute Gasteiger partial charge is 0.238 e. The van der Waals surface area contributed by atoms with Gasteiger partial charge in [-0.05, 0) is 82.6 Å². The number of hydrogen-bond donors (Lipinski definition) is 0. The molecular weight excluding hydrogens is 755 g/mol. The summed E-state index contributed by atoms with van der Waals surface area (Å²) in [6.07, 6.45) is 6.45. The fraction of sp³-hybridized carbons (Fsp3) is 0.0351. The van der Waals surface area contributed by atoms with Crippen LogP contribution in [0.25, 0.3) is 107 Å². The van der Waals surface area contributed by atoms with Crippen molar-refractivity contribution in [3.05, 3.63) is 218 Å². The van der Waals surface area contributed by atoms with Gasteiger partial charge in [-0.15, -0.1) is 0 Å². The van der Waals surface area contributed by atoms with E-state index in [1.54, 1.807) is 0 Å². The Morgan fingerprint density at radius 2 is 0.935 bits per heavy atom. The summed E-state index contributed by atoms with van der Waals surface area (Å²) in [5, 5.41) is 3.67. The van der Waals surface area contributed by atoms with E-state index in [-0.39, 0.29) is 0 Å². The number of aromatic nitrogens is 5. The Kier molecular flexibility index (Phi) is 8.56. The molecule has 5 heteroatoms. The van der Waals surface area contributed by atoms with Gasteiger partial charge < -0.3 is 4.57 Å². The lowest BCUT2D eigenvalue weighted by Gasteiger charge is -2.15. The molecular formula is C57H39N5. The molecule has 0 fully saturated rings. The number of hydrogen-bond acceptors (Lipinski definition) is 3. The van der Waals surface area contributed by atoms with Crippen LogP contribution in [0.2, 0.25) is 0 Å². The highest BCUT2D eigenvalue weighted by molar-refractivity contribution is 6.14. The largest absolute Gasteiger partial charge is 0.309 e. The Balaban J connectivity index is 1.06. The minimum absolute atomic E-state index is 0.595. The SMILES string of the molecule is C1=Cc2c(c3cc4c5ccccc5n(-c5ccccc5-c5ccccc5)c4cc3n2-c2nc(-c3ccccc3)nc(-c3ccc(-c4cccc(-c5ccccc5)c4)cc3)n2)CC1. The Bertz CT molecular complexity index is 3490. The van der Waals surface area contributed by atoms with E-state index in [0.717, 1.165) is 57.5 Å². The Morgan fingerprint density at radius 1 is 0.371 bits per heavy atom. The highest BCUT2D eigenvalue weighted by Crippen LogP contribution is 2.42. The monoisotopic (exact) mass is 793 g/mol. The van der Waals surface area contributed by atoms with Crippen molar-refractivity contribution in [3.8, 4) is 67.8 Å². The van der Waals surface area contributed by atoms with E-state index in [0.29, 0.717) is 17.6 Å². The normalized spacial score (nSPS) is 12.3. The highest BCUT2D eigenvalue weighted by atomic mass is 15.2. The fourth-order valence-corrected chi connectivity index (χ4v) is 9.33. The van der Waals surface area contributed by atoms with Crippen LogP contribution in [0.4, 0.5) is 0 Å². The summed E-state index contributed by atoms with van der Waals surface area (Å²) in [5.74, 6) is 1.85. The molecule has 0 atom stereocenters. The summed E-state index contributed by atoms with van der Waals surface area (Å²) in [6.45, 7) is 0. The number of para-hydroxylation sites is 2. The van der Waals surface area contributed by atoms with Gasteiger partial charge in [-0.3, -0.25) is 4.57 Å². The maximum atomic E-state index is 5.34. The molecule has 0 spiro atoms. The van der Waals surface area contributed by atoms with Gasteiger partial charge in [0, 0.05) is 32.8 Å². The second kappa shape index (κ2) is 14.8. The van der Waals surface area contributed by atoms with E-state index < -0.39 is 0 Å². The molecule has 0 saturated carbocycles. The van der Waals surface area contributed by atoms with Crippen LogP contribution in [-0.4, -0.2) is 24.1 Å². The van der Waals surface area contributed by atoms with E-state index in [2.05, 4.69) is 203 Å². The van der Waals surface area contributed by atoms with Gasteiger partial charge in [0.25, 0.3) is 0 Å². The summed E-state index contributed by atoms with van der Waals surface area (Å²) >= 11 is 0. The van der Waals surface area contributed by atoms with Gasteiger partial charge in [-0.2, -0.15) is 9.97 Å². The van der Waals surface area contributed by atoms with Crippen molar-refractivity contribution in [2.45, 2.75) is 12.8 Å². The lowest BCUT2D eigenvalue weighted by molar-refractivity contribution is 0.902. The van der Waals surface area contributed by atoms with Crippen molar-refractivity contribution >= 4 is 38.8 Å². The first-order valence-corrected chi connectivity index (χ1v) is 21.3. The van der Waals surface area contributed by atoms with Gasteiger partial charge in [-0.25, -0.2) is 4.98 Å². The van der Waals surface area contributed by atoms with Crippen LogP contribution in [0.3, 0.4) is 0 Å². The molecule has 11 aromatic rings. The summed E-state index contributed by atoms with van der Waals surface area (Å²) in [7, 11) is 0. The average molecular weight is 794 g/mol. The molecule has 292 valence electrons. The standard InChI is InChI=1S/C57H39N5/c1-4-17-38(18-5-1)43-23-16-24-44(35-43)39-31-33-42(34-32-39)56-58-55(41-21-8-3-9-22-41)59-57(60-56)62-52-30-15-12-27-47(52)49-36-48-46-26-11-14-29-51(46)61(53(48)37-54(49)62)50-28-13-10-25-45(50)40-19-6-2-7-20-40/h1-11,13-26,28-37H,12,27H2. The third-order valence-corrected chi connectivity index (χ3v) is 12.3. The van der Waals surface area contributed by atoms with Crippen LogP contribution >= 0.6 is 0 Å². The van der Waals surface area contributed by atoms with Gasteiger partial charge in [0.15, 0.2) is 11.6 Å². The number of rotatable bonds is 7. The number of allylic oxidation sites excluding steroid dienone is 1. The van der Waals surface area contributed by atoms with E-state index in [4.69, 9.17) is 15.0 Å². The van der Waals surface area contributed by atoms with Crippen molar-refractivity contribution in [2.75, 3.05) is 0 Å². The van der Waals surface area contributed by atoms with E-state index in [1.165, 1.54) is 49.5 Å². The van der Waals surface area contributed by atoms with Crippen molar-refractivity contribution in [2.24, 2.45) is 0 Å². The molecule has 12 rings (SSSR count). The van der Waals surface area contributed by atoms with Gasteiger partial charge >= 0.3 is 0 Å². The van der Waals surface area contributed by atoms with E-state index >= 15 is 0 Å². The zero-order valence-electron chi connectivity index (χ0n) is 33.9. The van der Waals surface area contributed by atoms with Crippen LogP contribution in [0.1, 0.15) is 17.7 Å².